The van der Waals surface area contributed by atoms with Crippen molar-refractivity contribution in [2.75, 3.05) is 39.7 Å². The van der Waals surface area contributed by atoms with Gasteiger partial charge in [0.25, 0.3) is 5.91 Å². The van der Waals surface area contributed by atoms with Crippen molar-refractivity contribution in [3.05, 3.63) is 53.1 Å². The van der Waals surface area contributed by atoms with Gasteiger partial charge >= 0.3 is 0 Å². The van der Waals surface area contributed by atoms with Gasteiger partial charge < -0.3 is 24.4 Å². The van der Waals surface area contributed by atoms with Crippen LogP contribution in [0.25, 0.3) is 6.08 Å². The minimum absolute atomic E-state index is 0.0459. The maximum Gasteiger partial charge on any atom is 0.259 e. The van der Waals surface area contributed by atoms with Gasteiger partial charge in [-0.05, 0) is 54.5 Å². The Labute approximate surface area is 187 Å². The summed E-state index contributed by atoms with van der Waals surface area (Å²) in [4.78, 5) is 25.3. The molecule has 0 unspecified atom stereocenters. The Bertz CT molecular complexity index is 926. The van der Waals surface area contributed by atoms with Crippen molar-refractivity contribution in [1.82, 2.24) is 4.90 Å². The second-order valence-electron chi connectivity index (χ2n) is 6.81. The second-order valence-corrected chi connectivity index (χ2v) is 7.21. The zero-order chi connectivity index (χ0) is 22.8. The molecule has 0 aliphatic rings. The van der Waals surface area contributed by atoms with Crippen LogP contribution in [0.3, 0.4) is 0 Å². The first-order valence-corrected chi connectivity index (χ1v) is 10.1. The van der Waals surface area contributed by atoms with Gasteiger partial charge in [0.1, 0.15) is 5.75 Å². The van der Waals surface area contributed by atoms with E-state index in [0.717, 1.165) is 6.42 Å². The zero-order valence-electron chi connectivity index (χ0n) is 18.1. The zero-order valence-corrected chi connectivity index (χ0v) is 18.9. The molecule has 2 amide bonds. The lowest BCUT2D eigenvalue weighted by atomic mass is 10.2. The van der Waals surface area contributed by atoms with Crippen molar-refractivity contribution >= 4 is 35.2 Å². The van der Waals surface area contributed by atoms with E-state index in [4.69, 9.17) is 25.8 Å². The van der Waals surface area contributed by atoms with Crippen molar-refractivity contribution in [2.24, 2.45) is 0 Å². The number of benzene rings is 2. The number of methoxy groups -OCH3 is 1. The molecule has 0 radical (unpaired) electrons. The molecule has 0 heterocycles. The highest BCUT2D eigenvalue weighted by Crippen LogP contribution is 2.36. The monoisotopic (exact) mass is 446 g/mol. The molecule has 2 aromatic rings. The summed E-state index contributed by atoms with van der Waals surface area (Å²) in [6, 6.07) is 10.2. The van der Waals surface area contributed by atoms with Crippen LogP contribution in [0.5, 0.6) is 17.2 Å². The molecule has 0 saturated carbocycles. The number of amides is 2. The molecule has 7 nitrogen and oxygen atoms in total. The molecule has 31 heavy (non-hydrogen) atoms. The van der Waals surface area contributed by atoms with E-state index in [1.807, 2.05) is 6.92 Å². The SMILES string of the molecule is CCCOc1c(Cl)cc(/C=C/C(=O)Nc2ccc(OCC(=O)N(C)C)cc2)cc1OC. The summed E-state index contributed by atoms with van der Waals surface area (Å²) < 4.78 is 16.4. The molecular formula is C23H27ClN2O5. The third-order valence-electron chi connectivity index (χ3n) is 4.11. The molecule has 0 bridgehead atoms. The van der Waals surface area contributed by atoms with Gasteiger partial charge in [0.05, 0.1) is 18.7 Å². The number of carbonyl (C=O) groups excluding carboxylic acids is 2. The molecular weight excluding hydrogens is 420 g/mol. The molecule has 2 aromatic carbocycles. The molecule has 0 saturated heterocycles. The summed E-state index contributed by atoms with van der Waals surface area (Å²) >= 11 is 6.30. The number of nitrogens with zero attached hydrogens (tertiary/aromatic N) is 1. The van der Waals surface area contributed by atoms with Crippen molar-refractivity contribution in [3.63, 3.8) is 0 Å². The van der Waals surface area contributed by atoms with Crippen LogP contribution in [0.2, 0.25) is 5.02 Å². The number of likely N-dealkylation sites (N-methyl/N-ethyl adjacent to an activating group) is 1. The van der Waals surface area contributed by atoms with Gasteiger partial charge in [-0.2, -0.15) is 0 Å². The predicted octanol–water partition coefficient (Wildman–Crippen LogP) is 4.26. The molecule has 8 heteroatoms. The van der Waals surface area contributed by atoms with Crippen LogP contribution >= 0.6 is 11.6 Å². The maximum absolute atomic E-state index is 12.2. The number of halogens is 1. The lowest BCUT2D eigenvalue weighted by molar-refractivity contribution is -0.130. The average Bonchev–Trinajstić information content (AvgIpc) is 2.75. The van der Waals surface area contributed by atoms with Crippen LogP contribution in [0.4, 0.5) is 5.69 Å². The van der Waals surface area contributed by atoms with Crippen molar-refractivity contribution < 1.29 is 23.8 Å². The summed E-state index contributed by atoms with van der Waals surface area (Å²) in [5.41, 5.74) is 1.30. The Balaban J connectivity index is 1.97. The smallest absolute Gasteiger partial charge is 0.259 e. The number of anilines is 1. The third-order valence-corrected chi connectivity index (χ3v) is 4.39. The molecule has 0 atom stereocenters. The molecule has 0 aromatic heterocycles. The first-order valence-electron chi connectivity index (χ1n) is 9.76. The largest absolute Gasteiger partial charge is 0.493 e. The fourth-order valence-electron chi connectivity index (χ4n) is 2.44. The van der Waals surface area contributed by atoms with Gasteiger partial charge in [0.15, 0.2) is 18.1 Å². The average molecular weight is 447 g/mol. The fraction of sp³-hybridized carbons (Fsp3) is 0.304. The number of carbonyl (C=O) groups is 2. The highest BCUT2D eigenvalue weighted by Gasteiger charge is 2.11. The van der Waals surface area contributed by atoms with Gasteiger partial charge in [-0.15, -0.1) is 0 Å². The predicted molar refractivity (Wildman–Crippen MR) is 122 cm³/mol. The van der Waals surface area contributed by atoms with E-state index in [-0.39, 0.29) is 18.4 Å². The van der Waals surface area contributed by atoms with E-state index in [1.54, 1.807) is 56.6 Å². The number of hydrogen-bond donors (Lipinski definition) is 1. The number of nitrogens with one attached hydrogen (secondary N) is 1. The highest BCUT2D eigenvalue weighted by molar-refractivity contribution is 6.32. The minimum atomic E-state index is -0.308. The number of ether oxygens (including phenoxy) is 3. The summed E-state index contributed by atoms with van der Waals surface area (Å²) in [7, 11) is 4.86. The van der Waals surface area contributed by atoms with Crippen LogP contribution in [-0.4, -0.2) is 51.1 Å². The van der Waals surface area contributed by atoms with Crippen LogP contribution in [0.15, 0.2) is 42.5 Å². The Kier molecular flexibility index (Phi) is 9.21. The van der Waals surface area contributed by atoms with Gasteiger partial charge in [-0.25, -0.2) is 0 Å². The number of rotatable bonds is 10. The standard InChI is InChI=1S/C23H27ClN2O5/c1-5-12-30-23-19(24)13-16(14-20(23)29-4)6-11-21(27)25-17-7-9-18(10-8-17)31-15-22(28)26(2)3/h6-11,13-14H,5,12,15H2,1-4H3,(H,25,27)/b11-6+. The lowest BCUT2D eigenvalue weighted by Crippen LogP contribution is -2.27. The minimum Gasteiger partial charge on any atom is -0.493 e. The molecule has 166 valence electrons. The third kappa shape index (κ3) is 7.53. The van der Waals surface area contributed by atoms with Crippen LogP contribution in [0, 0.1) is 0 Å². The van der Waals surface area contributed by atoms with Gasteiger partial charge in [0, 0.05) is 25.9 Å². The quantitative estimate of drug-likeness (QED) is 0.552. The molecule has 0 spiro atoms. The van der Waals surface area contributed by atoms with Gasteiger partial charge in [0.2, 0.25) is 5.91 Å². The van der Waals surface area contributed by atoms with Crippen molar-refractivity contribution in [2.45, 2.75) is 13.3 Å². The maximum atomic E-state index is 12.2. The van der Waals surface area contributed by atoms with Crippen molar-refractivity contribution in [3.8, 4) is 17.2 Å². The van der Waals surface area contributed by atoms with E-state index in [1.165, 1.54) is 18.1 Å². The summed E-state index contributed by atoms with van der Waals surface area (Å²) in [5, 5.41) is 3.17. The molecule has 0 aliphatic carbocycles. The Morgan fingerprint density at radius 3 is 2.45 bits per heavy atom. The Morgan fingerprint density at radius 1 is 1.13 bits per heavy atom. The Morgan fingerprint density at radius 2 is 1.84 bits per heavy atom. The second kappa shape index (κ2) is 11.9. The van der Waals surface area contributed by atoms with E-state index >= 15 is 0 Å². The first kappa shape index (κ1) is 24.1. The lowest BCUT2D eigenvalue weighted by Gasteiger charge is -2.12. The van der Waals surface area contributed by atoms with Crippen LogP contribution in [0.1, 0.15) is 18.9 Å². The normalized spacial score (nSPS) is 10.6. The van der Waals surface area contributed by atoms with Gasteiger partial charge in [-0.1, -0.05) is 18.5 Å². The topological polar surface area (TPSA) is 77.1 Å². The Hall–Kier alpha value is -3.19. The van der Waals surface area contributed by atoms with E-state index < -0.39 is 0 Å². The first-order chi connectivity index (χ1) is 14.8. The summed E-state index contributed by atoms with van der Waals surface area (Å²) in [5.74, 6) is 1.09. The molecule has 0 fully saturated rings. The molecule has 0 aliphatic heterocycles. The van der Waals surface area contributed by atoms with Crippen LogP contribution < -0.4 is 19.5 Å². The fourth-order valence-corrected chi connectivity index (χ4v) is 2.72. The van der Waals surface area contributed by atoms with E-state index in [0.29, 0.717) is 40.1 Å². The highest BCUT2D eigenvalue weighted by atomic mass is 35.5. The van der Waals surface area contributed by atoms with E-state index in [9.17, 15) is 9.59 Å². The van der Waals surface area contributed by atoms with E-state index in [2.05, 4.69) is 5.32 Å². The molecule has 1 N–H and O–H groups in total. The summed E-state index contributed by atoms with van der Waals surface area (Å²) in [6.45, 7) is 2.49. The van der Waals surface area contributed by atoms with Crippen LogP contribution in [-0.2, 0) is 9.59 Å². The van der Waals surface area contributed by atoms with Crippen molar-refractivity contribution in [1.29, 1.82) is 0 Å². The summed E-state index contributed by atoms with van der Waals surface area (Å²) in [6.07, 6.45) is 3.89. The van der Waals surface area contributed by atoms with Gasteiger partial charge in [-0.3, -0.25) is 9.59 Å². The number of hydrogen-bond acceptors (Lipinski definition) is 5. The molecule has 2 rings (SSSR count).